The lowest BCUT2D eigenvalue weighted by atomic mass is 10.1. The minimum atomic E-state index is -0.195. The van der Waals surface area contributed by atoms with Crippen LogP contribution in [0.2, 0.25) is 0 Å². The van der Waals surface area contributed by atoms with Crippen molar-refractivity contribution < 1.29 is 9.53 Å². The second kappa shape index (κ2) is 9.20. The Bertz CT molecular complexity index is 695. The molecule has 1 aromatic heterocycles. The lowest BCUT2D eigenvalue weighted by Crippen LogP contribution is -2.29. The largest absolute Gasteiger partial charge is 0.383 e. The van der Waals surface area contributed by atoms with Gasteiger partial charge in [0.2, 0.25) is 0 Å². The number of rotatable bonds is 7. The molecule has 1 amide bonds. The van der Waals surface area contributed by atoms with Crippen molar-refractivity contribution >= 4 is 23.0 Å². The number of hydrogen-bond donors (Lipinski definition) is 2. The van der Waals surface area contributed by atoms with Gasteiger partial charge in [-0.2, -0.15) is 0 Å². The summed E-state index contributed by atoms with van der Waals surface area (Å²) in [7, 11) is 1.60. The third-order valence-corrected chi connectivity index (χ3v) is 4.47. The highest BCUT2D eigenvalue weighted by molar-refractivity contribution is 5.92. The molecule has 0 atom stereocenters. The minimum Gasteiger partial charge on any atom is -0.383 e. The van der Waals surface area contributed by atoms with Crippen LogP contribution in [-0.2, 0) is 4.74 Å². The zero-order chi connectivity index (χ0) is 18.2. The molecule has 2 N–H and O–H groups in total. The van der Waals surface area contributed by atoms with Crippen LogP contribution < -0.4 is 15.5 Å². The normalized spacial score (nSPS) is 14.1. The molecule has 0 radical (unpaired) electrons. The van der Waals surface area contributed by atoms with E-state index in [4.69, 9.17) is 4.74 Å². The number of pyridine rings is 1. The molecular weight excluding hydrogens is 328 g/mol. The molecule has 6 heteroatoms. The van der Waals surface area contributed by atoms with E-state index in [1.165, 1.54) is 24.9 Å². The number of ether oxygens (including phenoxy) is 1. The van der Waals surface area contributed by atoms with E-state index in [-0.39, 0.29) is 5.91 Å². The van der Waals surface area contributed by atoms with E-state index in [2.05, 4.69) is 44.8 Å². The molecule has 1 aliphatic heterocycles. The summed E-state index contributed by atoms with van der Waals surface area (Å²) in [6.07, 6.45) is 5.56. The quantitative estimate of drug-likeness (QED) is 0.748. The second-order valence-corrected chi connectivity index (χ2v) is 6.40. The number of carbonyl (C=O) groups is 1. The van der Waals surface area contributed by atoms with Crippen molar-refractivity contribution in [3.05, 3.63) is 48.3 Å². The number of piperidine rings is 1. The molecular formula is C20H26N4O2. The van der Waals surface area contributed by atoms with E-state index >= 15 is 0 Å². The van der Waals surface area contributed by atoms with Crippen LogP contribution in [0.15, 0.2) is 42.6 Å². The standard InChI is InChI=1S/C20H26N4O2/c1-26-14-11-21-20(25)19-10-7-17(15-22-19)23-16-5-8-18(9-6-16)24-12-3-2-4-13-24/h5-10,15,23H,2-4,11-14H2,1H3,(H,21,25). The van der Waals surface area contributed by atoms with Crippen LogP contribution in [0.4, 0.5) is 17.1 Å². The highest BCUT2D eigenvalue weighted by atomic mass is 16.5. The van der Waals surface area contributed by atoms with Crippen LogP contribution >= 0.6 is 0 Å². The molecule has 1 fully saturated rings. The predicted octanol–water partition coefficient (Wildman–Crippen LogP) is 3.19. The summed E-state index contributed by atoms with van der Waals surface area (Å²) < 4.78 is 4.91. The number of benzene rings is 1. The maximum Gasteiger partial charge on any atom is 0.269 e. The Labute approximate surface area is 154 Å². The van der Waals surface area contributed by atoms with Crippen molar-refractivity contribution in [2.45, 2.75) is 19.3 Å². The van der Waals surface area contributed by atoms with Crippen molar-refractivity contribution in [1.82, 2.24) is 10.3 Å². The molecule has 0 saturated carbocycles. The molecule has 0 bridgehead atoms. The predicted molar refractivity (Wildman–Crippen MR) is 104 cm³/mol. The summed E-state index contributed by atoms with van der Waals surface area (Å²) in [5, 5.41) is 6.07. The Balaban J connectivity index is 1.56. The van der Waals surface area contributed by atoms with Gasteiger partial charge in [0.15, 0.2) is 0 Å². The van der Waals surface area contributed by atoms with Gasteiger partial charge in [-0.25, -0.2) is 4.98 Å². The Kier molecular flexibility index (Phi) is 6.44. The summed E-state index contributed by atoms with van der Waals surface area (Å²) in [4.78, 5) is 18.6. The first-order valence-corrected chi connectivity index (χ1v) is 9.11. The van der Waals surface area contributed by atoms with Crippen LogP contribution in [-0.4, -0.2) is 44.2 Å². The molecule has 6 nitrogen and oxygen atoms in total. The lowest BCUT2D eigenvalue weighted by molar-refractivity contribution is 0.0932. The number of aromatic nitrogens is 1. The third kappa shape index (κ3) is 4.95. The highest BCUT2D eigenvalue weighted by Crippen LogP contribution is 2.23. The molecule has 2 aromatic rings. The fourth-order valence-electron chi connectivity index (χ4n) is 3.03. The molecule has 3 rings (SSSR count). The van der Waals surface area contributed by atoms with Gasteiger partial charge < -0.3 is 20.3 Å². The van der Waals surface area contributed by atoms with Gasteiger partial charge in [-0.1, -0.05) is 0 Å². The van der Waals surface area contributed by atoms with Gasteiger partial charge in [-0.05, 0) is 55.7 Å². The molecule has 0 spiro atoms. The maximum atomic E-state index is 11.9. The van der Waals surface area contributed by atoms with Gasteiger partial charge in [-0.15, -0.1) is 0 Å². The molecule has 2 heterocycles. The number of methoxy groups -OCH3 is 1. The van der Waals surface area contributed by atoms with Crippen molar-refractivity contribution in [3.63, 3.8) is 0 Å². The first-order chi connectivity index (χ1) is 12.8. The summed E-state index contributed by atoms with van der Waals surface area (Å²) in [5.74, 6) is -0.195. The van der Waals surface area contributed by atoms with Gasteiger partial charge >= 0.3 is 0 Å². The summed E-state index contributed by atoms with van der Waals surface area (Å²) >= 11 is 0. The van der Waals surface area contributed by atoms with Crippen LogP contribution in [0.5, 0.6) is 0 Å². The van der Waals surface area contributed by atoms with E-state index in [1.54, 1.807) is 19.4 Å². The van der Waals surface area contributed by atoms with E-state index in [0.717, 1.165) is 24.5 Å². The number of carbonyl (C=O) groups excluding carboxylic acids is 1. The second-order valence-electron chi connectivity index (χ2n) is 6.40. The van der Waals surface area contributed by atoms with Crippen LogP contribution in [0.3, 0.4) is 0 Å². The van der Waals surface area contributed by atoms with E-state index < -0.39 is 0 Å². The van der Waals surface area contributed by atoms with Gasteiger partial charge in [0.05, 0.1) is 18.5 Å². The minimum absolute atomic E-state index is 0.195. The number of nitrogens with zero attached hydrogens (tertiary/aromatic N) is 2. The summed E-state index contributed by atoms with van der Waals surface area (Å²) in [5.41, 5.74) is 3.53. The number of hydrogen-bond acceptors (Lipinski definition) is 5. The third-order valence-electron chi connectivity index (χ3n) is 4.47. The first kappa shape index (κ1) is 18.2. The van der Waals surface area contributed by atoms with E-state index in [0.29, 0.717) is 18.8 Å². The lowest BCUT2D eigenvalue weighted by Gasteiger charge is -2.28. The number of anilines is 3. The Morgan fingerprint density at radius 2 is 1.81 bits per heavy atom. The van der Waals surface area contributed by atoms with E-state index in [9.17, 15) is 4.79 Å². The van der Waals surface area contributed by atoms with Crippen molar-refractivity contribution in [3.8, 4) is 0 Å². The topological polar surface area (TPSA) is 66.5 Å². The van der Waals surface area contributed by atoms with Crippen molar-refractivity contribution in [2.75, 3.05) is 43.6 Å². The molecule has 0 aliphatic carbocycles. The number of nitrogens with one attached hydrogen (secondary N) is 2. The van der Waals surface area contributed by atoms with Crippen molar-refractivity contribution in [1.29, 1.82) is 0 Å². The first-order valence-electron chi connectivity index (χ1n) is 9.11. The Morgan fingerprint density at radius 3 is 2.46 bits per heavy atom. The molecule has 0 unspecified atom stereocenters. The van der Waals surface area contributed by atoms with Crippen LogP contribution in [0, 0.1) is 0 Å². The monoisotopic (exact) mass is 354 g/mol. The van der Waals surface area contributed by atoms with Gasteiger partial charge in [0.25, 0.3) is 5.91 Å². The maximum absolute atomic E-state index is 11.9. The zero-order valence-corrected chi connectivity index (χ0v) is 15.2. The number of amides is 1. The molecule has 1 aliphatic rings. The average molecular weight is 354 g/mol. The molecule has 26 heavy (non-hydrogen) atoms. The van der Waals surface area contributed by atoms with Crippen LogP contribution in [0.25, 0.3) is 0 Å². The summed E-state index contributed by atoms with van der Waals surface area (Å²) in [6.45, 7) is 3.24. The van der Waals surface area contributed by atoms with Gasteiger partial charge in [0, 0.05) is 38.1 Å². The molecule has 138 valence electrons. The van der Waals surface area contributed by atoms with Gasteiger partial charge in [-0.3, -0.25) is 4.79 Å². The Hall–Kier alpha value is -2.60. The highest BCUT2D eigenvalue weighted by Gasteiger charge is 2.10. The van der Waals surface area contributed by atoms with Crippen LogP contribution in [0.1, 0.15) is 29.8 Å². The fraction of sp³-hybridized carbons (Fsp3) is 0.400. The Morgan fingerprint density at radius 1 is 1.08 bits per heavy atom. The zero-order valence-electron chi connectivity index (χ0n) is 15.2. The SMILES string of the molecule is COCCNC(=O)c1ccc(Nc2ccc(N3CCCCC3)cc2)cn1. The smallest absolute Gasteiger partial charge is 0.269 e. The fourth-order valence-corrected chi connectivity index (χ4v) is 3.03. The average Bonchev–Trinajstić information content (AvgIpc) is 2.70. The van der Waals surface area contributed by atoms with Crippen molar-refractivity contribution in [2.24, 2.45) is 0 Å². The van der Waals surface area contributed by atoms with Gasteiger partial charge in [0.1, 0.15) is 5.69 Å². The molecule has 1 aromatic carbocycles. The van der Waals surface area contributed by atoms with E-state index in [1.807, 2.05) is 6.07 Å². The molecule has 1 saturated heterocycles. The summed E-state index contributed by atoms with van der Waals surface area (Å²) in [6, 6.07) is 12.0.